The third-order valence-electron chi connectivity index (χ3n) is 2.51. The van der Waals surface area contributed by atoms with Crippen molar-refractivity contribution in [1.29, 1.82) is 0 Å². The summed E-state index contributed by atoms with van der Waals surface area (Å²) in [6.07, 6.45) is 3.70. The highest BCUT2D eigenvalue weighted by Gasteiger charge is 2.18. The largest absolute Gasteiger partial charge is 0.451 e. The molecule has 0 unspecified atom stereocenters. The first kappa shape index (κ1) is 13.4. The first-order valence-electron chi connectivity index (χ1n) is 5.56. The molecule has 2 aromatic heterocycles. The quantitative estimate of drug-likeness (QED) is 0.666. The number of pyridine rings is 1. The van der Waals surface area contributed by atoms with Crippen LogP contribution in [0.2, 0.25) is 0 Å². The number of rotatable bonds is 4. The Morgan fingerprint density at radius 1 is 1.47 bits per heavy atom. The first-order chi connectivity index (χ1) is 9.17. The summed E-state index contributed by atoms with van der Waals surface area (Å²) in [6, 6.07) is 5.45. The van der Waals surface area contributed by atoms with Gasteiger partial charge in [-0.2, -0.15) is 0 Å². The Morgan fingerprint density at radius 2 is 2.26 bits per heavy atom. The molecule has 1 N–H and O–H groups in total. The molecule has 0 spiro atoms. The molecule has 2 aromatic rings. The van der Waals surface area contributed by atoms with Gasteiger partial charge < -0.3 is 10.1 Å². The SMILES string of the molecule is CNC(=O)COC(=O)c1nc(SC)n2ccccc12. The van der Waals surface area contributed by atoms with Gasteiger partial charge in [0, 0.05) is 13.2 Å². The predicted molar refractivity (Wildman–Crippen MR) is 71.3 cm³/mol. The molecule has 1 amide bonds. The van der Waals surface area contributed by atoms with E-state index in [1.54, 1.807) is 10.5 Å². The van der Waals surface area contributed by atoms with E-state index in [2.05, 4.69) is 10.3 Å². The second-order valence-electron chi connectivity index (χ2n) is 3.65. The van der Waals surface area contributed by atoms with E-state index in [1.807, 2.05) is 24.6 Å². The van der Waals surface area contributed by atoms with Gasteiger partial charge in [0.05, 0.1) is 5.52 Å². The van der Waals surface area contributed by atoms with E-state index in [-0.39, 0.29) is 18.2 Å². The fraction of sp³-hybridized carbons (Fsp3) is 0.250. The van der Waals surface area contributed by atoms with Crippen LogP contribution in [0.5, 0.6) is 0 Å². The highest BCUT2D eigenvalue weighted by atomic mass is 32.2. The molecule has 2 heterocycles. The number of fused-ring (bicyclic) bond motifs is 1. The molecule has 0 fully saturated rings. The molecule has 0 aliphatic heterocycles. The fourth-order valence-corrected chi connectivity index (χ4v) is 2.11. The zero-order valence-corrected chi connectivity index (χ0v) is 11.4. The number of likely N-dealkylation sites (N-methyl/N-ethyl adjacent to an activating group) is 1. The van der Waals surface area contributed by atoms with Gasteiger partial charge in [0.2, 0.25) is 0 Å². The lowest BCUT2D eigenvalue weighted by Crippen LogP contribution is -2.25. The van der Waals surface area contributed by atoms with Gasteiger partial charge in [-0.05, 0) is 18.4 Å². The Kier molecular flexibility index (Phi) is 4.06. The zero-order valence-electron chi connectivity index (χ0n) is 10.5. The number of ether oxygens (including phenoxy) is 1. The van der Waals surface area contributed by atoms with Crippen molar-refractivity contribution in [2.24, 2.45) is 0 Å². The zero-order chi connectivity index (χ0) is 13.8. The standard InChI is InChI=1S/C12H13N3O3S/c1-13-9(16)7-18-11(17)10-8-5-3-4-6-15(8)12(14-10)19-2/h3-6H,7H2,1-2H3,(H,13,16). The van der Waals surface area contributed by atoms with Gasteiger partial charge >= 0.3 is 5.97 Å². The Bertz CT molecular complexity index is 624. The molecule has 0 atom stereocenters. The number of carbonyl (C=O) groups excluding carboxylic acids is 2. The van der Waals surface area contributed by atoms with Crippen LogP contribution in [-0.4, -0.2) is 41.2 Å². The van der Waals surface area contributed by atoms with Crippen LogP contribution in [0, 0.1) is 0 Å². The van der Waals surface area contributed by atoms with Crippen molar-refractivity contribution < 1.29 is 14.3 Å². The maximum absolute atomic E-state index is 11.9. The lowest BCUT2D eigenvalue weighted by molar-refractivity contribution is -0.123. The van der Waals surface area contributed by atoms with Crippen LogP contribution < -0.4 is 5.32 Å². The minimum absolute atomic E-state index is 0.217. The predicted octanol–water partition coefficient (Wildman–Crippen LogP) is 0.959. The van der Waals surface area contributed by atoms with E-state index in [4.69, 9.17) is 4.74 Å². The number of imidazole rings is 1. The Labute approximate surface area is 114 Å². The Balaban J connectivity index is 2.29. The van der Waals surface area contributed by atoms with Crippen molar-refractivity contribution in [1.82, 2.24) is 14.7 Å². The number of nitrogens with zero attached hydrogens (tertiary/aromatic N) is 2. The summed E-state index contributed by atoms with van der Waals surface area (Å²) in [7, 11) is 1.48. The van der Waals surface area contributed by atoms with Crippen LogP contribution in [0.15, 0.2) is 29.6 Å². The molecule has 0 bridgehead atoms. The van der Waals surface area contributed by atoms with E-state index < -0.39 is 5.97 Å². The monoisotopic (exact) mass is 279 g/mol. The topological polar surface area (TPSA) is 72.7 Å². The summed E-state index contributed by atoms with van der Waals surface area (Å²) < 4.78 is 6.72. The highest BCUT2D eigenvalue weighted by molar-refractivity contribution is 7.98. The average molecular weight is 279 g/mol. The lowest BCUT2D eigenvalue weighted by Gasteiger charge is -2.01. The molecular formula is C12H13N3O3S. The van der Waals surface area contributed by atoms with Crippen LogP contribution in [-0.2, 0) is 9.53 Å². The van der Waals surface area contributed by atoms with E-state index in [9.17, 15) is 9.59 Å². The van der Waals surface area contributed by atoms with Crippen LogP contribution in [0.1, 0.15) is 10.5 Å². The summed E-state index contributed by atoms with van der Waals surface area (Å²) in [5.74, 6) is -0.963. The molecular weight excluding hydrogens is 266 g/mol. The van der Waals surface area contributed by atoms with Gasteiger partial charge in [-0.3, -0.25) is 9.20 Å². The van der Waals surface area contributed by atoms with Crippen LogP contribution in [0.4, 0.5) is 0 Å². The summed E-state index contributed by atoms with van der Waals surface area (Å²) in [5.41, 5.74) is 0.877. The minimum Gasteiger partial charge on any atom is -0.451 e. The third-order valence-corrected chi connectivity index (χ3v) is 3.16. The molecule has 0 saturated carbocycles. The van der Waals surface area contributed by atoms with Gasteiger partial charge in [0.25, 0.3) is 5.91 Å². The Hall–Kier alpha value is -2.02. The van der Waals surface area contributed by atoms with Gasteiger partial charge in [0.15, 0.2) is 17.5 Å². The van der Waals surface area contributed by atoms with Crippen molar-refractivity contribution in [2.75, 3.05) is 19.9 Å². The molecule has 0 radical (unpaired) electrons. The maximum atomic E-state index is 11.9. The average Bonchev–Trinajstić information content (AvgIpc) is 2.83. The molecule has 6 nitrogen and oxygen atoms in total. The van der Waals surface area contributed by atoms with E-state index in [1.165, 1.54) is 18.8 Å². The van der Waals surface area contributed by atoms with Crippen molar-refractivity contribution >= 4 is 29.2 Å². The molecule has 19 heavy (non-hydrogen) atoms. The minimum atomic E-state index is -0.604. The second kappa shape index (κ2) is 5.75. The van der Waals surface area contributed by atoms with Gasteiger partial charge in [-0.15, -0.1) is 0 Å². The molecule has 7 heteroatoms. The summed E-state index contributed by atoms with van der Waals surface area (Å²) in [4.78, 5) is 27.2. The smallest absolute Gasteiger partial charge is 0.359 e. The number of hydrogen-bond acceptors (Lipinski definition) is 5. The van der Waals surface area contributed by atoms with Crippen LogP contribution in [0.3, 0.4) is 0 Å². The van der Waals surface area contributed by atoms with Crippen molar-refractivity contribution in [3.63, 3.8) is 0 Å². The van der Waals surface area contributed by atoms with E-state index >= 15 is 0 Å². The summed E-state index contributed by atoms with van der Waals surface area (Å²) in [6.45, 7) is -0.310. The molecule has 0 saturated heterocycles. The summed E-state index contributed by atoms with van der Waals surface area (Å²) in [5, 5.41) is 3.08. The molecule has 2 rings (SSSR count). The molecule has 100 valence electrons. The van der Waals surface area contributed by atoms with Crippen molar-refractivity contribution in [3.05, 3.63) is 30.1 Å². The van der Waals surface area contributed by atoms with E-state index in [0.717, 1.165) is 0 Å². The van der Waals surface area contributed by atoms with Crippen LogP contribution in [0.25, 0.3) is 5.52 Å². The molecule has 0 aromatic carbocycles. The van der Waals surface area contributed by atoms with Gasteiger partial charge in [0.1, 0.15) is 0 Å². The van der Waals surface area contributed by atoms with E-state index in [0.29, 0.717) is 10.7 Å². The van der Waals surface area contributed by atoms with Gasteiger partial charge in [-0.25, -0.2) is 9.78 Å². The summed E-state index contributed by atoms with van der Waals surface area (Å²) >= 11 is 1.43. The first-order valence-corrected chi connectivity index (χ1v) is 6.78. The van der Waals surface area contributed by atoms with Crippen molar-refractivity contribution in [2.45, 2.75) is 5.16 Å². The second-order valence-corrected chi connectivity index (χ2v) is 4.43. The fourth-order valence-electron chi connectivity index (χ4n) is 1.58. The number of aromatic nitrogens is 2. The molecule has 0 aliphatic rings. The van der Waals surface area contributed by atoms with Gasteiger partial charge in [-0.1, -0.05) is 17.8 Å². The highest BCUT2D eigenvalue weighted by Crippen LogP contribution is 2.20. The lowest BCUT2D eigenvalue weighted by atomic mass is 10.3. The number of nitrogens with one attached hydrogen (secondary N) is 1. The normalized spacial score (nSPS) is 10.4. The number of carbonyl (C=O) groups is 2. The Morgan fingerprint density at radius 3 is 2.95 bits per heavy atom. The van der Waals surface area contributed by atoms with Crippen LogP contribution >= 0.6 is 11.8 Å². The molecule has 0 aliphatic carbocycles. The number of amides is 1. The number of thioether (sulfide) groups is 1. The number of esters is 1. The third kappa shape index (κ3) is 2.70. The van der Waals surface area contributed by atoms with Crippen molar-refractivity contribution in [3.8, 4) is 0 Å². The number of hydrogen-bond donors (Lipinski definition) is 1. The maximum Gasteiger partial charge on any atom is 0.359 e.